The van der Waals surface area contributed by atoms with Gasteiger partial charge in [-0.2, -0.15) is 0 Å². The summed E-state index contributed by atoms with van der Waals surface area (Å²) in [5, 5.41) is 0. The summed E-state index contributed by atoms with van der Waals surface area (Å²) in [5.74, 6) is 4.03. The molecule has 0 nitrogen and oxygen atoms in total. The molecule has 0 heterocycles. The Kier molecular flexibility index (Phi) is 10.0. The Morgan fingerprint density at radius 1 is 0.829 bits per heavy atom. The lowest BCUT2D eigenvalue weighted by molar-refractivity contribution is 0.220. The zero-order valence-electron chi connectivity index (χ0n) is 22.2. The summed E-state index contributed by atoms with van der Waals surface area (Å²) in [6, 6.07) is 17.2. The normalized spacial score (nSPS) is 26.1. The van der Waals surface area contributed by atoms with E-state index in [4.69, 9.17) is 0 Å². The van der Waals surface area contributed by atoms with Crippen LogP contribution in [-0.2, 0) is 6.42 Å². The van der Waals surface area contributed by atoms with Crippen LogP contribution in [0.2, 0.25) is 0 Å². The van der Waals surface area contributed by atoms with Crippen LogP contribution in [0.3, 0.4) is 0 Å². The number of benzene rings is 2. The number of hydrogen-bond acceptors (Lipinski definition) is 0. The number of aryl methyl sites for hydroxylation is 1. The molecule has 0 amide bonds. The second-order valence-electron chi connectivity index (χ2n) is 11.7. The molecule has 0 aliphatic heterocycles. The van der Waals surface area contributed by atoms with Crippen LogP contribution in [0, 0.1) is 23.6 Å². The van der Waals surface area contributed by atoms with E-state index >= 15 is 0 Å². The summed E-state index contributed by atoms with van der Waals surface area (Å²) in [5.41, 5.74) is 3.61. The molecule has 2 fully saturated rings. The molecule has 1 atom stereocenters. The first kappa shape index (κ1) is 26.2. The fraction of sp³-hybridized carbons (Fsp3) is 0.588. The average Bonchev–Trinajstić information content (AvgIpc) is 2.90. The molecule has 1 heteroatoms. The molecule has 0 radical (unpaired) electrons. The predicted octanol–water partition coefficient (Wildman–Crippen LogP) is 10.4. The summed E-state index contributed by atoms with van der Waals surface area (Å²) < 4.78 is 14.6. The minimum atomic E-state index is 0.00268. The van der Waals surface area contributed by atoms with Crippen molar-refractivity contribution in [3.63, 3.8) is 0 Å². The minimum absolute atomic E-state index is 0.00268. The Morgan fingerprint density at radius 3 is 2.09 bits per heavy atom. The van der Waals surface area contributed by atoms with Crippen LogP contribution >= 0.6 is 0 Å². The lowest BCUT2D eigenvalue weighted by atomic mass is 9.73. The van der Waals surface area contributed by atoms with Crippen molar-refractivity contribution in [1.82, 2.24) is 0 Å². The maximum Gasteiger partial charge on any atom is 0.126 e. The second kappa shape index (κ2) is 13.4. The van der Waals surface area contributed by atoms with Crippen LogP contribution in [-0.4, -0.2) is 0 Å². The van der Waals surface area contributed by atoms with Gasteiger partial charge in [0.05, 0.1) is 0 Å². The average molecular weight is 475 g/mol. The third-order valence-corrected chi connectivity index (χ3v) is 9.22. The lowest BCUT2D eigenvalue weighted by Gasteiger charge is -2.33. The quantitative estimate of drug-likeness (QED) is 0.300. The number of rotatable bonds is 10. The third kappa shape index (κ3) is 7.80. The van der Waals surface area contributed by atoms with E-state index in [9.17, 15) is 4.39 Å². The topological polar surface area (TPSA) is 0 Å². The van der Waals surface area contributed by atoms with E-state index in [2.05, 4.69) is 49.4 Å². The maximum atomic E-state index is 14.6. The molecule has 2 aromatic carbocycles. The van der Waals surface area contributed by atoms with Gasteiger partial charge in [0, 0.05) is 0 Å². The van der Waals surface area contributed by atoms with E-state index in [1.165, 1.54) is 81.8 Å². The van der Waals surface area contributed by atoms with Gasteiger partial charge in [-0.25, -0.2) is 4.39 Å². The first-order valence-corrected chi connectivity index (χ1v) is 14.6. The highest BCUT2D eigenvalue weighted by Gasteiger charge is 2.26. The van der Waals surface area contributed by atoms with Gasteiger partial charge < -0.3 is 0 Å². The molecule has 35 heavy (non-hydrogen) atoms. The van der Waals surface area contributed by atoms with Crippen molar-refractivity contribution < 1.29 is 4.39 Å². The van der Waals surface area contributed by atoms with Crippen LogP contribution in [0.5, 0.6) is 0 Å². The summed E-state index contributed by atoms with van der Waals surface area (Å²) in [6.07, 6.45) is 21.0. The van der Waals surface area contributed by atoms with E-state index in [1.54, 1.807) is 0 Å². The standard InChI is InChI=1S/C34H47F/c1-3-4-6-11-32-22-23-33(25-34(32)35)31-20-18-28(19-21-31)13-12-27-14-16-29(17-15-27)24-26(2)30-9-7-5-8-10-30/h3-5,7-10,22-23,25-29,31H,6,11-21,24H2,1-2H3/b4-3+. The van der Waals surface area contributed by atoms with Crippen molar-refractivity contribution in [2.45, 2.75) is 109 Å². The van der Waals surface area contributed by atoms with E-state index in [0.717, 1.165) is 36.2 Å². The molecule has 0 spiro atoms. The van der Waals surface area contributed by atoms with Gasteiger partial charge in [0.2, 0.25) is 0 Å². The van der Waals surface area contributed by atoms with Gasteiger partial charge in [-0.1, -0.05) is 100 Å². The van der Waals surface area contributed by atoms with Crippen molar-refractivity contribution in [2.75, 3.05) is 0 Å². The molecule has 190 valence electrons. The number of hydrogen-bond donors (Lipinski definition) is 0. The van der Waals surface area contributed by atoms with Gasteiger partial charge in [-0.05, 0) is 104 Å². The molecule has 2 saturated carbocycles. The Morgan fingerprint density at radius 2 is 1.46 bits per heavy atom. The van der Waals surface area contributed by atoms with Gasteiger partial charge in [0.25, 0.3) is 0 Å². The first-order valence-electron chi connectivity index (χ1n) is 14.6. The smallest absolute Gasteiger partial charge is 0.126 e. The van der Waals surface area contributed by atoms with Gasteiger partial charge in [-0.3, -0.25) is 0 Å². The van der Waals surface area contributed by atoms with Gasteiger partial charge >= 0.3 is 0 Å². The fourth-order valence-corrected chi connectivity index (χ4v) is 6.86. The zero-order chi connectivity index (χ0) is 24.5. The van der Waals surface area contributed by atoms with Crippen LogP contribution < -0.4 is 0 Å². The van der Waals surface area contributed by atoms with Crippen molar-refractivity contribution in [3.8, 4) is 0 Å². The van der Waals surface area contributed by atoms with Crippen LogP contribution in [0.4, 0.5) is 4.39 Å². The van der Waals surface area contributed by atoms with E-state index in [0.29, 0.717) is 11.8 Å². The maximum absolute atomic E-state index is 14.6. The van der Waals surface area contributed by atoms with Crippen molar-refractivity contribution in [1.29, 1.82) is 0 Å². The SMILES string of the molecule is C/C=C/CCc1ccc(C2CCC(CCC3CCC(CC(C)c4ccccc4)CC3)CC2)cc1F. The molecule has 2 aliphatic carbocycles. The molecular weight excluding hydrogens is 427 g/mol. The summed E-state index contributed by atoms with van der Waals surface area (Å²) in [6.45, 7) is 4.43. The zero-order valence-corrected chi connectivity index (χ0v) is 22.2. The van der Waals surface area contributed by atoms with Gasteiger partial charge in [0.15, 0.2) is 0 Å². The summed E-state index contributed by atoms with van der Waals surface area (Å²) >= 11 is 0. The monoisotopic (exact) mass is 474 g/mol. The molecule has 2 aliphatic rings. The Bertz CT molecular complexity index is 897. The van der Waals surface area contributed by atoms with Crippen molar-refractivity contribution in [3.05, 3.63) is 83.2 Å². The molecular formula is C34H47F. The third-order valence-electron chi connectivity index (χ3n) is 9.22. The summed E-state index contributed by atoms with van der Waals surface area (Å²) in [4.78, 5) is 0. The minimum Gasteiger partial charge on any atom is -0.207 e. The highest BCUT2D eigenvalue weighted by Crippen LogP contribution is 2.41. The van der Waals surface area contributed by atoms with E-state index in [-0.39, 0.29) is 5.82 Å². The largest absolute Gasteiger partial charge is 0.207 e. The molecule has 0 N–H and O–H groups in total. The number of allylic oxidation sites excluding steroid dienone is 2. The van der Waals surface area contributed by atoms with Crippen LogP contribution in [0.1, 0.15) is 119 Å². The second-order valence-corrected chi connectivity index (χ2v) is 11.7. The Hall–Kier alpha value is -1.89. The molecule has 0 aromatic heterocycles. The highest BCUT2D eigenvalue weighted by atomic mass is 19.1. The van der Waals surface area contributed by atoms with Crippen LogP contribution in [0.15, 0.2) is 60.7 Å². The molecule has 0 bridgehead atoms. The Balaban J connectivity index is 1.14. The van der Waals surface area contributed by atoms with Gasteiger partial charge in [0.1, 0.15) is 5.82 Å². The fourth-order valence-electron chi connectivity index (χ4n) is 6.86. The Labute approximate surface area is 214 Å². The van der Waals surface area contributed by atoms with Crippen molar-refractivity contribution in [2.24, 2.45) is 17.8 Å². The van der Waals surface area contributed by atoms with E-state index < -0.39 is 0 Å². The van der Waals surface area contributed by atoms with Gasteiger partial charge in [-0.15, -0.1) is 0 Å². The molecule has 2 aromatic rings. The lowest BCUT2D eigenvalue weighted by Crippen LogP contribution is -2.18. The summed E-state index contributed by atoms with van der Waals surface area (Å²) in [7, 11) is 0. The molecule has 4 rings (SSSR count). The first-order chi connectivity index (χ1) is 17.1. The van der Waals surface area contributed by atoms with Crippen molar-refractivity contribution >= 4 is 0 Å². The molecule has 0 saturated heterocycles. The van der Waals surface area contributed by atoms with Crippen LogP contribution in [0.25, 0.3) is 0 Å². The number of halogens is 1. The highest BCUT2D eigenvalue weighted by molar-refractivity contribution is 5.28. The predicted molar refractivity (Wildman–Crippen MR) is 148 cm³/mol. The van der Waals surface area contributed by atoms with E-state index in [1.807, 2.05) is 25.1 Å². The molecule has 1 unspecified atom stereocenters.